The lowest BCUT2D eigenvalue weighted by Crippen LogP contribution is -2.49. The summed E-state index contributed by atoms with van der Waals surface area (Å²) in [5, 5.41) is 10.4. The summed E-state index contributed by atoms with van der Waals surface area (Å²) in [6, 6.07) is 16.0. The lowest BCUT2D eigenvalue weighted by Gasteiger charge is -2.37. The van der Waals surface area contributed by atoms with Crippen molar-refractivity contribution in [3.05, 3.63) is 54.1 Å². The lowest BCUT2D eigenvalue weighted by atomic mass is 10.2. The predicted octanol–water partition coefficient (Wildman–Crippen LogP) is 2.79. The second-order valence-electron chi connectivity index (χ2n) is 7.21. The van der Waals surface area contributed by atoms with Gasteiger partial charge in [-0.05, 0) is 36.8 Å². The Morgan fingerprint density at radius 1 is 1.03 bits per heavy atom. The van der Waals surface area contributed by atoms with Gasteiger partial charge in [-0.25, -0.2) is 0 Å². The number of hydrogen-bond donors (Lipinski definition) is 1. The Bertz CT molecular complexity index is 747. The number of rotatable bonds is 10. The molecule has 1 fully saturated rings. The smallest absolute Gasteiger partial charge is 0.142 e. The van der Waals surface area contributed by atoms with Crippen molar-refractivity contribution in [2.45, 2.75) is 19.6 Å². The molecule has 2 aromatic rings. The minimum absolute atomic E-state index is 0.324. The fourth-order valence-corrected chi connectivity index (χ4v) is 3.59. The highest BCUT2D eigenvalue weighted by atomic mass is 16.5. The van der Waals surface area contributed by atoms with E-state index < -0.39 is 6.10 Å². The molecule has 2 aromatic carbocycles. The Hall–Kier alpha value is -2.28. The molecule has 1 aliphatic heterocycles. The Labute approximate surface area is 173 Å². The summed E-state index contributed by atoms with van der Waals surface area (Å²) in [5.74, 6) is 1.75. The van der Waals surface area contributed by atoms with E-state index in [2.05, 4.69) is 15.9 Å². The summed E-state index contributed by atoms with van der Waals surface area (Å²) in [6.45, 7) is 7.75. The van der Waals surface area contributed by atoms with Crippen molar-refractivity contribution in [1.82, 2.24) is 4.90 Å². The Morgan fingerprint density at radius 2 is 1.83 bits per heavy atom. The number of nitrogens with zero attached hydrogens (tertiary/aromatic N) is 2. The number of ether oxygens (including phenoxy) is 3. The molecule has 6 nitrogen and oxygen atoms in total. The van der Waals surface area contributed by atoms with Crippen molar-refractivity contribution in [3.63, 3.8) is 0 Å². The molecule has 158 valence electrons. The van der Waals surface area contributed by atoms with Gasteiger partial charge in [-0.15, -0.1) is 0 Å². The molecule has 1 heterocycles. The molecule has 1 atom stereocenters. The number of anilines is 1. The van der Waals surface area contributed by atoms with Gasteiger partial charge in [0, 0.05) is 32.7 Å². The number of β-amino-alcohol motifs (C(OH)–C–C–N with tert-alkyl or cyclic N) is 1. The molecule has 0 aliphatic carbocycles. The normalized spacial score (nSPS) is 15.9. The number of para-hydroxylation sites is 2. The van der Waals surface area contributed by atoms with Crippen LogP contribution in [0.5, 0.6) is 11.5 Å². The van der Waals surface area contributed by atoms with Gasteiger partial charge in [0.2, 0.25) is 0 Å². The zero-order valence-electron chi connectivity index (χ0n) is 17.4. The summed E-state index contributed by atoms with van der Waals surface area (Å²) in [7, 11) is 1.65. The maximum absolute atomic E-state index is 10.4. The van der Waals surface area contributed by atoms with Crippen LogP contribution in [0.15, 0.2) is 48.5 Å². The average Bonchev–Trinajstić information content (AvgIpc) is 2.75. The fraction of sp³-hybridized carbons (Fsp3) is 0.478. The highest BCUT2D eigenvalue weighted by Crippen LogP contribution is 2.28. The van der Waals surface area contributed by atoms with E-state index in [-0.39, 0.29) is 0 Å². The van der Waals surface area contributed by atoms with E-state index in [1.54, 1.807) is 7.11 Å². The monoisotopic (exact) mass is 400 g/mol. The number of aliphatic hydroxyl groups is 1. The van der Waals surface area contributed by atoms with Crippen LogP contribution < -0.4 is 14.4 Å². The van der Waals surface area contributed by atoms with Crippen LogP contribution in [0, 0.1) is 0 Å². The first-order chi connectivity index (χ1) is 14.2. The molecule has 0 bridgehead atoms. The van der Waals surface area contributed by atoms with Gasteiger partial charge in [-0.1, -0.05) is 24.3 Å². The third-order valence-electron chi connectivity index (χ3n) is 5.06. The fourth-order valence-electron chi connectivity index (χ4n) is 3.59. The number of hydrogen-bond acceptors (Lipinski definition) is 6. The van der Waals surface area contributed by atoms with Gasteiger partial charge in [0.25, 0.3) is 0 Å². The summed E-state index contributed by atoms with van der Waals surface area (Å²) >= 11 is 0. The first-order valence-corrected chi connectivity index (χ1v) is 10.3. The molecule has 1 N–H and O–H groups in total. The molecular weight excluding hydrogens is 368 g/mol. The van der Waals surface area contributed by atoms with Crippen LogP contribution in [-0.2, 0) is 11.3 Å². The third kappa shape index (κ3) is 6.35. The first kappa shape index (κ1) is 21.4. The summed E-state index contributed by atoms with van der Waals surface area (Å²) in [4.78, 5) is 4.65. The number of piperazine rings is 1. The Kier molecular flexibility index (Phi) is 8.16. The molecule has 6 heteroatoms. The molecule has 0 radical (unpaired) electrons. The largest absolute Gasteiger partial charge is 0.497 e. The van der Waals surface area contributed by atoms with Gasteiger partial charge in [-0.3, -0.25) is 4.90 Å². The van der Waals surface area contributed by atoms with Crippen molar-refractivity contribution in [1.29, 1.82) is 0 Å². The summed E-state index contributed by atoms with van der Waals surface area (Å²) in [6.07, 6.45) is -0.497. The second-order valence-corrected chi connectivity index (χ2v) is 7.21. The maximum atomic E-state index is 10.4. The average molecular weight is 401 g/mol. The van der Waals surface area contributed by atoms with Crippen molar-refractivity contribution < 1.29 is 19.3 Å². The van der Waals surface area contributed by atoms with Crippen LogP contribution in [0.4, 0.5) is 5.69 Å². The molecule has 0 spiro atoms. The minimum atomic E-state index is -0.497. The van der Waals surface area contributed by atoms with Crippen LogP contribution in [0.25, 0.3) is 0 Å². The standard InChI is InChI=1S/C23H32N2O4/c1-3-29-23-10-5-4-9-22(23)25-13-11-24(12-14-25)16-20(26)18-28-17-19-7-6-8-21(15-19)27-2/h4-10,15,20,26H,3,11-14,16-18H2,1-2H3. The molecule has 1 saturated heterocycles. The van der Waals surface area contributed by atoms with Crippen molar-refractivity contribution in [3.8, 4) is 11.5 Å². The maximum Gasteiger partial charge on any atom is 0.142 e. The van der Waals surface area contributed by atoms with Crippen LogP contribution >= 0.6 is 0 Å². The summed E-state index contributed by atoms with van der Waals surface area (Å²) in [5.41, 5.74) is 2.19. The van der Waals surface area contributed by atoms with Gasteiger partial charge in [-0.2, -0.15) is 0 Å². The van der Waals surface area contributed by atoms with Gasteiger partial charge in [0.1, 0.15) is 11.5 Å². The summed E-state index contributed by atoms with van der Waals surface area (Å²) < 4.78 is 16.7. The molecule has 3 rings (SSSR count). The minimum Gasteiger partial charge on any atom is -0.497 e. The van der Waals surface area contributed by atoms with E-state index in [0.717, 1.165) is 48.9 Å². The van der Waals surface area contributed by atoms with Crippen LogP contribution in [0.1, 0.15) is 12.5 Å². The molecule has 0 saturated carbocycles. The van der Waals surface area contributed by atoms with E-state index in [9.17, 15) is 5.11 Å². The zero-order chi connectivity index (χ0) is 20.5. The lowest BCUT2D eigenvalue weighted by molar-refractivity contribution is 0.00909. The van der Waals surface area contributed by atoms with E-state index in [1.807, 2.05) is 49.4 Å². The van der Waals surface area contributed by atoms with Crippen molar-refractivity contribution in [2.75, 3.05) is 57.9 Å². The second kappa shape index (κ2) is 11.0. The highest BCUT2D eigenvalue weighted by molar-refractivity contribution is 5.58. The molecule has 1 unspecified atom stereocenters. The molecule has 0 amide bonds. The van der Waals surface area contributed by atoms with Gasteiger partial charge in [0.15, 0.2) is 0 Å². The SMILES string of the molecule is CCOc1ccccc1N1CCN(CC(O)COCc2cccc(OC)c2)CC1. The van der Waals surface area contributed by atoms with E-state index >= 15 is 0 Å². The van der Waals surface area contributed by atoms with Crippen molar-refractivity contribution >= 4 is 5.69 Å². The third-order valence-corrected chi connectivity index (χ3v) is 5.06. The van der Waals surface area contributed by atoms with Crippen LogP contribution in [0.2, 0.25) is 0 Å². The van der Waals surface area contributed by atoms with Gasteiger partial charge in [0.05, 0.1) is 38.7 Å². The quantitative estimate of drug-likeness (QED) is 0.662. The highest BCUT2D eigenvalue weighted by Gasteiger charge is 2.21. The molecule has 0 aromatic heterocycles. The first-order valence-electron chi connectivity index (χ1n) is 10.3. The van der Waals surface area contributed by atoms with Crippen molar-refractivity contribution in [2.24, 2.45) is 0 Å². The van der Waals surface area contributed by atoms with Crippen LogP contribution in [0.3, 0.4) is 0 Å². The number of aliphatic hydroxyl groups excluding tert-OH is 1. The van der Waals surface area contributed by atoms with Gasteiger partial charge < -0.3 is 24.2 Å². The molecule has 29 heavy (non-hydrogen) atoms. The zero-order valence-corrected chi connectivity index (χ0v) is 17.4. The van der Waals surface area contributed by atoms with E-state index in [1.165, 1.54) is 0 Å². The topological polar surface area (TPSA) is 54.4 Å². The Morgan fingerprint density at radius 3 is 2.59 bits per heavy atom. The predicted molar refractivity (Wildman–Crippen MR) is 115 cm³/mol. The molecular formula is C23H32N2O4. The van der Waals surface area contributed by atoms with Crippen LogP contribution in [-0.4, -0.2) is 69.2 Å². The molecule has 1 aliphatic rings. The number of methoxy groups -OCH3 is 1. The van der Waals surface area contributed by atoms with E-state index in [4.69, 9.17) is 14.2 Å². The Balaban J connectivity index is 1.40. The van der Waals surface area contributed by atoms with Gasteiger partial charge >= 0.3 is 0 Å². The number of benzene rings is 2. The van der Waals surface area contributed by atoms with E-state index in [0.29, 0.717) is 26.4 Å².